The highest BCUT2D eigenvalue weighted by Gasteiger charge is 2.30. The van der Waals surface area contributed by atoms with Gasteiger partial charge in [0.1, 0.15) is 0 Å². The van der Waals surface area contributed by atoms with Crippen LogP contribution in [0.15, 0.2) is 23.5 Å². The van der Waals surface area contributed by atoms with Gasteiger partial charge < -0.3 is 25.4 Å². The molecule has 0 aliphatic carbocycles. The van der Waals surface area contributed by atoms with E-state index in [0.29, 0.717) is 38.6 Å². The number of piperazine rings is 1. The van der Waals surface area contributed by atoms with Gasteiger partial charge in [-0.3, -0.25) is 4.99 Å². The Balaban J connectivity index is 0.00000208. The SMILES string of the molecule is I.NC(=NCC1(O)CCOCC1)N1CCN(c2ncccn2)CC1. The van der Waals surface area contributed by atoms with Crippen molar-refractivity contribution in [2.24, 2.45) is 10.7 Å². The second-order valence-electron chi connectivity index (χ2n) is 6.03. The highest BCUT2D eigenvalue weighted by atomic mass is 127. The first-order chi connectivity index (χ1) is 11.2. The molecule has 3 heterocycles. The third-order valence-corrected chi connectivity index (χ3v) is 4.40. The van der Waals surface area contributed by atoms with Gasteiger partial charge in [0, 0.05) is 64.6 Å². The van der Waals surface area contributed by atoms with Crippen LogP contribution in [0.2, 0.25) is 0 Å². The van der Waals surface area contributed by atoms with Crippen LogP contribution in [0.4, 0.5) is 5.95 Å². The fraction of sp³-hybridized carbons (Fsp3) is 0.667. The van der Waals surface area contributed by atoms with Crippen LogP contribution < -0.4 is 10.6 Å². The number of nitrogens with two attached hydrogens (primary N) is 1. The fourth-order valence-corrected chi connectivity index (χ4v) is 2.83. The molecule has 0 aromatic carbocycles. The van der Waals surface area contributed by atoms with Crippen LogP contribution in [0.3, 0.4) is 0 Å². The number of hydrogen-bond acceptors (Lipinski definition) is 6. The van der Waals surface area contributed by atoms with Gasteiger partial charge in [-0.25, -0.2) is 9.97 Å². The molecule has 0 amide bonds. The fourth-order valence-electron chi connectivity index (χ4n) is 2.83. The first-order valence-electron chi connectivity index (χ1n) is 8.03. The largest absolute Gasteiger partial charge is 0.388 e. The number of nitrogens with zero attached hydrogens (tertiary/aromatic N) is 5. The number of ether oxygens (including phenoxy) is 1. The predicted molar refractivity (Wildman–Crippen MR) is 103 cm³/mol. The van der Waals surface area contributed by atoms with Gasteiger partial charge in [-0.15, -0.1) is 24.0 Å². The summed E-state index contributed by atoms with van der Waals surface area (Å²) in [5, 5.41) is 10.4. The summed E-state index contributed by atoms with van der Waals surface area (Å²) >= 11 is 0. The Hall–Kier alpha value is -1.20. The molecule has 1 aromatic heterocycles. The highest BCUT2D eigenvalue weighted by Crippen LogP contribution is 2.20. The number of aliphatic imine (C=N–C) groups is 1. The Labute approximate surface area is 159 Å². The topological polar surface area (TPSA) is 100 Å². The van der Waals surface area contributed by atoms with Gasteiger partial charge in [-0.1, -0.05) is 0 Å². The molecule has 0 spiro atoms. The van der Waals surface area contributed by atoms with Crippen LogP contribution in [0, 0.1) is 0 Å². The first kappa shape index (κ1) is 19.1. The summed E-state index contributed by atoms with van der Waals surface area (Å²) < 4.78 is 5.27. The van der Waals surface area contributed by atoms with Crippen molar-refractivity contribution in [1.29, 1.82) is 0 Å². The zero-order chi connectivity index (χ0) is 16.1. The van der Waals surface area contributed by atoms with E-state index in [9.17, 15) is 5.11 Å². The normalized spacial score (nSPS) is 21.3. The van der Waals surface area contributed by atoms with Gasteiger partial charge in [-0.05, 0) is 6.07 Å². The third-order valence-electron chi connectivity index (χ3n) is 4.40. The number of anilines is 1. The molecule has 0 unspecified atom stereocenters. The van der Waals surface area contributed by atoms with Crippen LogP contribution in [0.1, 0.15) is 12.8 Å². The quantitative estimate of drug-likeness (QED) is 0.384. The Morgan fingerprint density at radius 1 is 1.21 bits per heavy atom. The molecular formula is C15H25IN6O2. The molecule has 2 aliphatic heterocycles. The van der Waals surface area contributed by atoms with Crippen LogP contribution >= 0.6 is 24.0 Å². The molecule has 9 heteroatoms. The summed E-state index contributed by atoms with van der Waals surface area (Å²) in [6.45, 7) is 4.66. The molecule has 8 nitrogen and oxygen atoms in total. The van der Waals surface area contributed by atoms with E-state index in [4.69, 9.17) is 10.5 Å². The van der Waals surface area contributed by atoms with Crippen LogP contribution in [0.25, 0.3) is 0 Å². The molecule has 2 aliphatic rings. The van der Waals surface area contributed by atoms with Crippen molar-refractivity contribution in [2.45, 2.75) is 18.4 Å². The van der Waals surface area contributed by atoms with Gasteiger partial charge in [0.05, 0.1) is 12.1 Å². The van der Waals surface area contributed by atoms with Crippen molar-refractivity contribution in [3.05, 3.63) is 18.5 Å². The summed E-state index contributed by atoms with van der Waals surface area (Å²) in [7, 11) is 0. The molecule has 0 bridgehead atoms. The minimum atomic E-state index is -0.775. The lowest BCUT2D eigenvalue weighted by atomic mass is 9.95. The standard InChI is InChI=1S/C15H24N6O2.HI/c16-13(19-12-15(22)2-10-23-11-3-15)20-6-8-21(9-7-20)14-17-4-1-5-18-14;/h1,4-5,22H,2-3,6-12H2,(H2,16,19);1H. The van der Waals surface area contributed by atoms with Crippen LogP contribution in [-0.4, -0.2) is 77.5 Å². The van der Waals surface area contributed by atoms with E-state index in [0.717, 1.165) is 32.1 Å². The summed E-state index contributed by atoms with van der Waals surface area (Å²) in [5.41, 5.74) is 5.32. The average molecular weight is 448 g/mol. The highest BCUT2D eigenvalue weighted by molar-refractivity contribution is 14.0. The predicted octanol–water partition coefficient (Wildman–Crippen LogP) is 0.0728. The number of hydrogen-bond donors (Lipinski definition) is 2. The third kappa shape index (κ3) is 4.90. The Morgan fingerprint density at radius 3 is 2.46 bits per heavy atom. The number of aromatic nitrogens is 2. The lowest BCUT2D eigenvalue weighted by Gasteiger charge is -2.36. The molecule has 0 radical (unpaired) electrons. The Kier molecular flexibility index (Phi) is 6.99. The lowest BCUT2D eigenvalue weighted by Crippen LogP contribution is -2.52. The van der Waals surface area contributed by atoms with Crippen molar-refractivity contribution >= 4 is 35.9 Å². The van der Waals surface area contributed by atoms with Crippen molar-refractivity contribution < 1.29 is 9.84 Å². The second kappa shape index (κ2) is 8.77. The summed E-state index contributed by atoms with van der Waals surface area (Å²) in [4.78, 5) is 17.1. The molecule has 2 fully saturated rings. The average Bonchev–Trinajstić information content (AvgIpc) is 2.61. The molecule has 0 saturated carbocycles. The van der Waals surface area contributed by atoms with E-state index in [1.807, 2.05) is 11.0 Å². The van der Waals surface area contributed by atoms with Gasteiger partial charge in [0.25, 0.3) is 0 Å². The van der Waals surface area contributed by atoms with E-state index in [1.54, 1.807) is 12.4 Å². The summed E-state index contributed by atoms with van der Waals surface area (Å²) in [5.74, 6) is 1.25. The van der Waals surface area contributed by atoms with Crippen molar-refractivity contribution in [2.75, 3.05) is 50.8 Å². The van der Waals surface area contributed by atoms with E-state index in [1.165, 1.54) is 0 Å². The van der Waals surface area contributed by atoms with Gasteiger partial charge in [-0.2, -0.15) is 0 Å². The second-order valence-corrected chi connectivity index (χ2v) is 6.03. The van der Waals surface area contributed by atoms with Crippen molar-refractivity contribution in [3.8, 4) is 0 Å². The van der Waals surface area contributed by atoms with Crippen LogP contribution in [-0.2, 0) is 4.74 Å². The minimum absolute atomic E-state index is 0. The molecule has 3 rings (SSSR count). The van der Waals surface area contributed by atoms with Crippen molar-refractivity contribution in [1.82, 2.24) is 14.9 Å². The number of guanidine groups is 1. The van der Waals surface area contributed by atoms with E-state index < -0.39 is 5.60 Å². The smallest absolute Gasteiger partial charge is 0.225 e. The molecule has 134 valence electrons. The van der Waals surface area contributed by atoms with Gasteiger partial charge in [0.2, 0.25) is 5.95 Å². The maximum Gasteiger partial charge on any atom is 0.225 e. The molecule has 1 aromatic rings. The molecule has 0 atom stereocenters. The zero-order valence-corrected chi connectivity index (χ0v) is 16.0. The van der Waals surface area contributed by atoms with Crippen LogP contribution in [0.5, 0.6) is 0 Å². The summed E-state index contributed by atoms with van der Waals surface area (Å²) in [6, 6.07) is 1.81. The molecule has 3 N–H and O–H groups in total. The molecule has 24 heavy (non-hydrogen) atoms. The number of halogens is 1. The first-order valence-corrected chi connectivity index (χ1v) is 8.03. The molecule has 2 saturated heterocycles. The zero-order valence-electron chi connectivity index (χ0n) is 13.7. The number of aliphatic hydroxyl groups is 1. The molecular weight excluding hydrogens is 423 g/mol. The maximum absolute atomic E-state index is 10.4. The maximum atomic E-state index is 10.4. The van der Waals surface area contributed by atoms with E-state index in [2.05, 4.69) is 19.9 Å². The summed E-state index contributed by atoms with van der Waals surface area (Å²) in [6.07, 6.45) is 4.73. The minimum Gasteiger partial charge on any atom is -0.388 e. The van der Waals surface area contributed by atoms with E-state index in [-0.39, 0.29) is 24.0 Å². The monoisotopic (exact) mass is 448 g/mol. The number of rotatable bonds is 3. The Bertz CT molecular complexity index is 530. The van der Waals surface area contributed by atoms with Crippen molar-refractivity contribution in [3.63, 3.8) is 0 Å². The lowest BCUT2D eigenvalue weighted by molar-refractivity contribution is -0.0566. The van der Waals surface area contributed by atoms with Gasteiger partial charge >= 0.3 is 0 Å². The van der Waals surface area contributed by atoms with Gasteiger partial charge in [0.15, 0.2) is 5.96 Å². The van der Waals surface area contributed by atoms with E-state index >= 15 is 0 Å². The Morgan fingerprint density at radius 2 is 1.83 bits per heavy atom.